The molecule has 0 atom stereocenters. The Hall–Kier alpha value is -2.06. The molecule has 0 amide bonds. The molecule has 1 saturated heterocycles. The van der Waals surface area contributed by atoms with Crippen molar-refractivity contribution < 1.29 is 0 Å². The van der Waals surface area contributed by atoms with Gasteiger partial charge in [-0.15, -0.1) is 0 Å². The first-order valence-electron chi connectivity index (χ1n) is 10.8. The molecule has 140 valence electrons. The van der Waals surface area contributed by atoms with Crippen molar-refractivity contribution in [3.05, 3.63) is 70.9 Å². The monoisotopic (exact) mass is 358 g/mol. The van der Waals surface area contributed by atoms with E-state index in [1.54, 1.807) is 11.3 Å². The van der Waals surface area contributed by atoms with Gasteiger partial charge in [0.25, 0.3) is 0 Å². The molecule has 0 unspecified atom stereocenters. The van der Waals surface area contributed by atoms with Gasteiger partial charge in [0.2, 0.25) is 0 Å². The molecule has 1 fully saturated rings. The van der Waals surface area contributed by atoms with E-state index in [4.69, 9.17) is 0 Å². The van der Waals surface area contributed by atoms with E-state index in [0.29, 0.717) is 0 Å². The molecule has 0 radical (unpaired) electrons. The number of H-pyrrole nitrogens is 1. The van der Waals surface area contributed by atoms with Crippen LogP contribution in [0.2, 0.25) is 0 Å². The van der Waals surface area contributed by atoms with Crippen LogP contribution in [0, 0.1) is 0 Å². The maximum absolute atomic E-state index is 3.89. The molecule has 2 heteroatoms. The number of hydrogen-bond donors (Lipinski definition) is 1. The van der Waals surface area contributed by atoms with Gasteiger partial charge in [0.1, 0.15) is 0 Å². The predicted octanol–water partition coefficient (Wildman–Crippen LogP) is 5.82. The van der Waals surface area contributed by atoms with Gasteiger partial charge in [-0.25, -0.2) is 0 Å². The van der Waals surface area contributed by atoms with Crippen LogP contribution in [0.25, 0.3) is 10.9 Å². The summed E-state index contributed by atoms with van der Waals surface area (Å²) in [5, 5.41) is 1.49. The van der Waals surface area contributed by atoms with Crippen molar-refractivity contribution in [3.63, 3.8) is 0 Å². The second-order valence-electron chi connectivity index (χ2n) is 8.45. The minimum atomic E-state index is 0.755. The lowest BCUT2D eigenvalue weighted by molar-refractivity contribution is 0.220. The number of piperidine rings is 1. The fourth-order valence-corrected chi connectivity index (χ4v) is 5.15. The van der Waals surface area contributed by atoms with Gasteiger partial charge in [-0.1, -0.05) is 55.0 Å². The lowest BCUT2D eigenvalue weighted by atomic mass is 9.94. The number of aryl methyl sites for hydroxylation is 2. The molecule has 3 aliphatic rings. The summed E-state index contributed by atoms with van der Waals surface area (Å²) in [5.41, 5.74) is 7.57. The highest BCUT2D eigenvalue weighted by molar-refractivity contribution is 5.87. The fourth-order valence-electron chi connectivity index (χ4n) is 5.15. The largest absolute Gasteiger partial charge is 0.358 e. The van der Waals surface area contributed by atoms with Gasteiger partial charge < -0.3 is 4.98 Å². The number of nitrogens with one attached hydrogen (secondary N) is 1. The minimum absolute atomic E-state index is 0.755. The molecule has 4 heterocycles. The van der Waals surface area contributed by atoms with E-state index in [0.717, 1.165) is 12.5 Å². The van der Waals surface area contributed by atoms with Crippen molar-refractivity contribution in [1.82, 2.24) is 9.88 Å². The van der Waals surface area contributed by atoms with Crippen LogP contribution in [0.5, 0.6) is 0 Å². The number of rotatable bonds is 6. The van der Waals surface area contributed by atoms with E-state index >= 15 is 0 Å². The molecule has 2 nitrogen and oxygen atoms in total. The molecule has 3 aliphatic heterocycles. The van der Waals surface area contributed by atoms with Gasteiger partial charge in [0.05, 0.1) is 0 Å². The molecule has 27 heavy (non-hydrogen) atoms. The van der Waals surface area contributed by atoms with Crippen LogP contribution in [0.4, 0.5) is 0 Å². The number of para-hydroxylation sites is 1. The van der Waals surface area contributed by atoms with Gasteiger partial charge in [-0.05, 0) is 68.3 Å². The van der Waals surface area contributed by atoms with Crippen molar-refractivity contribution in [3.8, 4) is 0 Å². The minimum Gasteiger partial charge on any atom is -0.358 e. The summed E-state index contributed by atoms with van der Waals surface area (Å²) >= 11 is 0. The third-order valence-corrected chi connectivity index (χ3v) is 6.69. The first-order chi connectivity index (χ1) is 13.4. The van der Waals surface area contributed by atoms with Crippen LogP contribution >= 0.6 is 0 Å². The Kier molecular flexibility index (Phi) is 4.75. The van der Waals surface area contributed by atoms with E-state index < -0.39 is 0 Å². The summed E-state index contributed by atoms with van der Waals surface area (Å²) in [6, 6.07) is 17.8. The molecule has 2 aromatic carbocycles. The molecule has 0 aliphatic carbocycles. The maximum Gasteiger partial charge on any atom is 0.0492 e. The molecule has 0 saturated carbocycles. The smallest absolute Gasteiger partial charge is 0.0492 e. The zero-order valence-corrected chi connectivity index (χ0v) is 16.2. The van der Waals surface area contributed by atoms with Crippen molar-refractivity contribution >= 4 is 10.9 Å². The number of fused-ring (bicyclic) bond motifs is 3. The zero-order chi connectivity index (χ0) is 18.1. The average molecular weight is 359 g/mol. The lowest BCUT2D eigenvalue weighted by Crippen LogP contribution is -2.29. The fraction of sp³-hybridized carbons (Fsp3) is 0.440. The number of aromatic nitrogens is 1. The summed E-state index contributed by atoms with van der Waals surface area (Å²) in [5.74, 6) is 0.755. The van der Waals surface area contributed by atoms with Gasteiger partial charge in [0.15, 0.2) is 0 Å². The molecule has 1 N–H and O–H groups in total. The first kappa shape index (κ1) is 17.1. The number of hydrogen-bond acceptors (Lipinski definition) is 1. The highest BCUT2D eigenvalue weighted by Gasteiger charge is 2.30. The van der Waals surface area contributed by atoms with Gasteiger partial charge >= 0.3 is 0 Å². The van der Waals surface area contributed by atoms with Gasteiger partial charge in [-0.2, -0.15) is 0 Å². The summed E-state index contributed by atoms with van der Waals surface area (Å²) in [4.78, 5) is 6.54. The van der Waals surface area contributed by atoms with E-state index in [1.807, 2.05) is 0 Å². The molecule has 6 rings (SSSR count). The van der Waals surface area contributed by atoms with E-state index in [2.05, 4.69) is 58.4 Å². The Labute approximate surface area is 162 Å². The topological polar surface area (TPSA) is 19.0 Å². The molecular weight excluding hydrogens is 328 g/mol. The lowest BCUT2D eigenvalue weighted by Gasteiger charge is -2.26. The predicted molar refractivity (Wildman–Crippen MR) is 113 cm³/mol. The highest BCUT2D eigenvalue weighted by Crippen LogP contribution is 2.39. The van der Waals surface area contributed by atoms with Crippen molar-refractivity contribution in [2.45, 2.75) is 57.4 Å². The van der Waals surface area contributed by atoms with Crippen LogP contribution in [0.3, 0.4) is 0 Å². The summed E-state index contributed by atoms with van der Waals surface area (Å²) < 4.78 is 0. The van der Waals surface area contributed by atoms with Crippen LogP contribution in [-0.4, -0.2) is 23.0 Å². The molecule has 0 spiro atoms. The van der Waals surface area contributed by atoms with Gasteiger partial charge in [0, 0.05) is 29.1 Å². The van der Waals surface area contributed by atoms with E-state index in [9.17, 15) is 0 Å². The van der Waals surface area contributed by atoms with Crippen LogP contribution in [0.1, 0.15) is 60.4 Å². The Balaban J connectivity index is 1.27. The standard InChI is InChI=1S/C25H30N2/c1-3-8-19(9-4-1)10-5-2-6-11-20-12-7-13-22-23-18-27-16-14-21(15-17-27)25(23)26-24(20)22/h1,3-4,7-9,12-13,21,26H,2,5-6,10-11,14-18H2. The average Bonchev–Trinajstić information content (AvgIpc) is 2.89. The third-order valence-electron chi connectivity index (χ3n) is 6.69. The molecule has 1 aromatic heterocycles. The number of unbranched alkanes of at least 4 members (excludes halogenated alkanes) is 2. The third kappa shape index (κ3) is 3.43. The van der Waals surface area contributed by atoms with Crippen LogP contribution < -0.4 is 0 Å². The normalized spacial score (nSPS) is 21.3. The maximum atomic E-state index is 3.89. The van der Waals surface area contributed by atoms with Crippen molar-refractivity contribution in [2.24, 2.45) is 0 Å². The van der Waals surface area contributed by atoms with E-state index in [-0.39, 0.29) is 0 Å². The molecular formula is C25H30N2. The Morgan fingerprint density at radius 2 is 1.67 bits per heavy atom. The van der Waals surface area contributed by atoms with Crippen LogP contribution in [0.15, 0.2) is 48.5 Å². The van der Waals surface area contributed by atoms with E-state index in [1.165, 1.54) is 80.1 Å². The second kappa shape index (κ2) is 7.52. The van der Waals surface area contributed by atoms with Crippen molar-refractivity contribution in [2.75, 3.05) is 13.1 Å². The van der Waals surface area contributed by atoms with Crippen LogP contribution in [-0.2, 0) is 19.4 Å². The summed E-state index contributed by atoms with van der Waals surface area (Å²) in [7, 11) is 0. The number of aromatic amines is 1. The Morgan fingerprint density at radius 3 is 2.52 bits per heavy atom. The molecule has 3 aromatic rings. The summed E-state index contributed by atoms with van der Waals surface area (Å²) in [6.45, 7) is 3.69. The Morgan fingerprint density at radius 1 is 0.852 bits per heavy atom. The number of nitrogens with zero attached hydrogens (tertiary/aromatic N) is 1. The second-order valence-corrected chi connectivity index (χ2v) is 8.45. The zero-order valence-electron chi connectivity index (χ0n) is 16.2. The summed E-state index contributed by atoms with van der Waals surface area (Å²) in [6.07, 6.45) is 8.94. The van der Waals surface area contributed by atoms with Crippen molar-refractivity contribution in [1.29, 1.82) is 0 Å². The highest BCUT2D eigenvalue weighted by atomic mass is 15.1. The Bertz CT molecular complexity index is 901. The number of benzene rings is 2. The first-order valence-corrected chi connectivity index (χ1v) is 10.8. The molecule has 2 bridgehead atoms. The van der Waals surface area contributed by atoms with Gasteiger partial charge in [-0.3, -0.25) is 4.90 Å². The quantitative estimate of drug-likeness (QED) is 0.550. The SMILES string of the molecule is c1ccc(CCCCCc2cccc3c4c([nH]c23)C2CCN(CC2)C4)cc1.